The maximum Gasteiger partial charge on any atom is 0.152 e. The summed E-state index contributed by atoms with van der Waals surface area (Å²) in [5.41, 5.74) is 0.860. The second kappa shape index (κ2) is 4.76. The monoisotopic (exact) mass is 234 g/mol. The van der Waals surface area contributed by atoms with Gasteiger partial charge >= 0.3 is 0 Å². The van der Waals surface area contributed by atoms with Crippen molar-refractivity contribution < 1.29 is 9.18 Å². The van der Waals surface area contributed by atoms with Gasteiger partial charge in [0, 0.05) is 5.02 Å². The van der Waals surface area contributed by atoms with E-state index in [0.717, 1.165) is 0 Å². The van der Waals surface area contributed by atoms with E-state index in [1.165, 1.54) is 19.1 Å². The molecule has 0 aromatic heterocycles. The molecule has 1 unspecified atom stereocenters. The predicted molar refractivity (Wildman–Crippen MR) is 55.5 cm³/mol. The van der Waals surface area contributed by atoms with E-state index in [-0.39, 0.29) is 5.78 Å². The van der Waals surface area contributed by atoms with Gasteiger partial charge in [0.15, 0.2) is 5.78 Å². The van der Waals surface area contributed by atoms with E-state index in [4.69, 9.17) is 23.2 Å². The molecule has 76 valence electrons. The summed E-state index contributed by atoms with van der Waals surface area (Å²) in [5.74, 6) is -0.219. The SMILES string of the molecule is CC(=O)C(Cl)c1cc(Cl)ccc1CF. The highest BCUT2D eigenvalue weighted by atomic mass is 35.5. The smallest absolute Gasteiger partial charge is 0.152 e. The standard InChI is InChI=1S/C10H9Cl2FO/c1-6(14)10(12)9-4-8(11)3-2-7(9)5-13/h2-4,10H,5H2,1H3. The van der Waals surface area contributed by atoms with E-state index in [2.05, 4.69) is 0 Å². The van der Waals surface area contributed by atoms with Gasteiger partial charge in [-0.1, -0.05) is 17.7 Å². The Labute approximate surface area is 91.8 Å². The number of rotatable bonds is 3. The lowest BCUT2D eigenvalue weighted by molar-refractivity contribution is -0.116. The first-order chi connectivity index (χ1) is 6.56. The van der Waals surface area contributed by atoms with Gasteiger partial charge in [0.25, 0.3) is 0 Å². The van der Waals surface area contributed by atoms with Crippen LogP contribution in [0.5, 0.6) is 0 Å². The molecular formula is C10H9Cl2FO. The summed E-state index contributed by atoms with van der Waals surface area (Å²) in [6.45, 7) is 0.712. The van der Waals surface area contributed by atoms with Crippen molar-refractivity contribution in [3.8, 4) is 0 Å². The van der Waals surface area contributed by atoms with E-state index in [1.807, 2.05) is 0 Å². The van der Waals surface area contributed by atoms with Crippen LogP contribution in [0.4, 0.5) is 4.39 Å². The number of Topliss-reactive ketones (excluding diaryl/α,β-unsaturated/α-hetero) is 1. The van der Waals surface area contributed by atoms with Crippen molar-refractivity contribution >= 4 is 29.0 Å². The average Bonchev–Trinajstić information content (AvgIpc) is 2.16. The van der Waals surface area contributed by atoms with Crippen LogP contribution in [0.15, 0.2) is 18.2 Å². The Morgan fingerprint density at radius 2 is 2.21 bits per heavy atom. The molecule has 0 N–H and O–H groups in total. The van der Waals surface area contributed by atoms with Crippen LogP contribution in [0.2, 0.25) is 5.02 Å². The zero-order valence-corrected chi connectivity index (χ0v) is 9.07. The fourth-order valence-corrected chi connectivity index (χ4v) is 1.53. The van der Waals surface area contributed by atoms with Crippen molar-refractivity contribution in [3.05, 3.63) is 34.3 Å². The molecule has 0 aliphatic rings. The summed E-state index contributed by atoms with van der Waals surface area (Å²) in [6.07, 6.45) is 0. The second-order valence-electron chi connectivity index (χ2n) is 2.95. The third kappa shape index (κ3) is 2.46. The third-order valence-electron chi connectivity index (χ3n) is 1.88. The van der Waals surface area contributed by atoms with Crippen LogP contribution < -0.4 is 0 Å². The molecule has 1 aromatic carbocycles. The van der Waals surface area contributed by atoms with Crippen molar-refractivity contribution in [1.82, 2.24) is 0 Å². The van der Waals surface area contributed by atoms with Crippen LogP contribution in [0, 0.1) is 0 Å². The largest absolute Gasteiger partial charge is 0.298 e. The number of halogens is 3. The van der Waals surface area contributed by atoms with Gasteiger partial charge in [-0.2, -0.15) is 0 Å². The molecule has 0 radical (unpaired) electrons. The first kappa shape index (κ1) is 11.5. The lowest BCUT2D eigenvalue weighted by Gasteiger charge is -2.10. The molecule has 0 spiro atoms. The van der Waals surface area contributed by atoms with Crippen LogP contribution in [-0.2, 0) is 11.5 Å². The molecule has 0 amide bonds. The van der Waals surface area contributed by atoms with E-state index in [0.29, 0.717) is 16.1 Å². The zero-order chi connectivity index (χ0) is 10.7. The summed E-state index contributed by atoms with van der Waals surface area (Å²) in [6, 6.07) is 4.63. The topological polar surface area (TPSA) is 17.1 Å². The highest BCUT2D eigenvalue weighted by molar-refractivity contribution is 6.32. The number of ketones is 1. The summed E-state index contributed by atoms with van der Waals surface area (Å²) in [4.78, 5) is 11.0. The molecule has 0 fully saturated rings. The maximum absolute atomic E-state index is 12.5. The Morgan fingerprint density at radius 3 is 2.71 bits per heavy atom. The minimum Gasteiger partial charge on any atom is -0.298 e. The Kier molecular flexibility index (Phi) is 3.90. The number of alkyl halides is 2. The molecular weight excluding hydrogens is 226 g/mol. The zero-order valence-electron chi connectivity index (χ0n) is 7.56. The lowest BCUT2D eigenvalue weighted by atomic mass is 10.0. The fraction of sp³-hybridized carbons (Fsp3) is 0.300. The van der Waals surface area contributed by atoms with Crippen molar-refractivity contribution in [2.45, 2.75) is 19.0 Å². The Balaban J connectivity index is 3.16. The molecule has 0 aliphatic carbocycles. The molecule has 1 atom stereocenters. The molecule has 14 heavy (non-hydrogen) atoms. The van der Waals surface area contributed by atoms with Crippen molar-refractivity contribution in [3.63, 3.8) is 0 Å². The molecule has 0 heterocycles. The normalized spacial score (nSPS) is 12.6. The molecule has 0 saturated heterocycles. The van der Waals surface area contributed by atoms with Crippen LogP contribution in [0.25, 0.3) is 0 Å². The highest BCUT2D eigenvalue weighted by Crippen LogP contribution is 2.28. The van der Waals surface area contributed by atoms with Crippen LogP contribution in [-0.4, -0.2) is 5.78 Å². The van der Waals surface area contributed by atoms with Crippen molar-refractivity contribution in [2.24, 2.45) is 0 Å². The Hall–Kier alpha value is -0.600. The van der Waals surface area contributed by atoms with E-state index < -0.39 is 12.1 Å². The average molecular weight is 235 g/mol. The molecule has 0 bridgehead atoms. The fourth-order valence-electron chi connectivity index (χ4n) is 1.14. The number of benzene rings is 1. The summed E-state index contributed by atoms with van der Waals surface area (Å²) >= 11 is 11.6. The minimum atomic E-state index is -0.820. The molecule has 0 aliphatic heterocycles. The van der Waals surface area contributed by atoms with Gasteiger partial charge < -0.3 is 0 Å². The highest BCUT2D eigenvalue weighted by Gasteiger charge is 2.17. The van der Waals surface area contributed by atoms with Gasteiger partial charge in [0.05, 0.1) is 0 Å². The molecule has 1 aromatic rings. The van der Waals surface area contributed by atoms with Crippen LogP contribution in [0.1, 0.15) is 23.4 Å². The number of hydrogen-bond acceptors (Lipinski definition) is 1. The number of hydrogen-bond donors (Lipinski definition) is 0. The second-order valence-corrected chi connectivity index (χ2v) is 3.82. The molecule has 1 rings (SSSR count). The minimum absolute atomic E-state index is 0.219. The lowest BCUT2D eigenvalue weighted by Crippen LogP contribution is -2.04. The van der Waals surface area contributed by atoms with Crippen molar-refractivity contribution in [2.75, 3.05) is 0 Å². The number of carbonyl (C=O) groups is 1. The van der Waals surface area contributed by atoms with Crippen LogP contribution in [0.3, 0.4) is 0 Å². The maximum atomic E-state index is 12.5. The van der Waals surface area contributed by atoms with E-state index >= 15 is 0 Å². The summed E-state index contributed by atoms with van der Waals surface area (Å²) < 4.78 is 12.5. The third-order valence-corrected chi connectivity index (χ3v) is 2.66. The van der Waals surface area contributed by atoms with E-state index in [9.17, 15) is 9.18 Å². The molecule has 4 heteroatoms. The van der Waals surface area contributed by atoms with Gasteiger partial charge in [0.1, 0.15) is 12.1 Å². The van der Waals surface area contributed by atoms with Crippen molar-refractivity contribution in [1.29, 1.82) is 0 Å². The Morgan fingerprint density at radius 1 is 1.57 bits per heavy atom. The van der Waals surface area contributed by atoms with Gasteiger partial charge in [0.2, 0.25) is 0 Å². The van der Waals surface area contributed by atoms with E-state index in [1.54, 1.807) is 6.07 Å². The van der Waals surface area contributed by atoms with Gasteiger partial charge in [-0.25, -0.2) is 4.39 Å². The predicted octanol–water partition coefficient (Wildman–Crippen LogP) is 3.68. The quantitative estimate of drug-likeness (QED) is 0.730. The van der Waals surface area contributed by atoms with Gasteiger partial charge in [-0.3, -0.25) is 4.79 Å². The van der Waals surface area contributed by atoms with Gasteiger partial charge in [-0.15, -0.1) is 11.6 Å². The first-order valence-electron chi connectivity index (χ1n) is 4.05. The molecule has 1 nitrogen and oxygen atoms in total. The van der Waals surface area contributed by atoms with Crippen LogP contribution >= 0.6 is 23.2 Å². The van der Waals surface area contributed by atoms with Gasteiger partial charge in [-0.05, 0) is 30.2 Å². The Bertz CT molecular complexity index is 352. The summed E-state index contributed by atoms with van der Waals surface area (Å²) in [5, 5.41) is -0.372. The first-order valence-corrected chi connectivity index (χ1v) is 4.86. The molecule has 0 saturated carbocycles. The summed E-state index contributed by atoms with van der Waals surface area (Å²) in [7, 11) is 0. The number of carbonyl (C=O) groups excluding carboxylic acids is 1.